The molecule has 2 nitrogen and oxygen atoms in total. The van der Waals surface area contributed by atoms with Crippen LogP contribution in [0.15, 0.2) is 76.5 Å². The first-order valence-electron chi connectivity index (χ1n) is 7.36. The second-order valence-corrected chi connectivity index (χ2v) is 6.28. The number of phenols is 1. The Hall–Kier alpha value is -2.53. The Bertz CT molecular complexity index is 817. The Labute approximate surface area is 143 Å². The van der Waals surface area contributed by atoms with E-state index in [0.717, 1.165) is 27.5 Å². The van der Waals surface area contributed by atoms with E-state index in [1.54, 1.807) is 11.8 Å². The van der Waals surface area contributed by atoms with Gasteiger partial charge in [0.15, 0.2) is 17.4 Å². The van der Waals surface area contributed by atoms with Crippen molar-refractivity contribution in [3.8, 4) is 5.75 Å². The SMILES string of the molecule is Oc1c(F)cc(NCc2ccccc2Sc2ccccc2)cc1F. The van der Waals surface area contributed by atoms with Gasteiger partial charge in [-0.1, -0.05) is 48.2 Å². The van der Waals surface area contributed by atoms with Crippen molar-refractivity contribution in [2.45, 2.75) is 16.3 Å². The zero-order valence-electron chi connectivity index (χ0n) is 12.7. The van der Waals surface area contributed by atoms with E-state index in [0.29, 0.717) is 6.54 Å². The van der Waals surface area contributed by atoms with Crippen molar-refractivity contribution in [1.82, 2.24) is 0 Å². The van der Waals surface area contributed by atoms with Crippen LogP contribution < -0.4 is 5.32 Å². The Balaban J connectivity index is 1.76. The minimum absolute atomic E-state index is 0.280. The zero-order valence-corrected chi connectivity index (χ0v) is 13.5. The maximum absolute atomic E-state index is 13.4. The molecule has 0 heterocycles. The van der Waals surface area contributed by atoms with Gasteiger partial charge in [0, 0.05) is 34.2 Å². The van der Waals surface area contributed by atoms with Gasteiger partial charge in [-0.25, -0.2) is 8.78 Å². The predicted molar refractivity (Wildman–Crippen MR) is 92.4 cm³/mol. The highest BCUT2D eigenvalue weighted by Crippen LogP contribution is 2.31. The molecule has 0 spiro atoms. The van der Waals surface area contributed by atoms with Crippen molar-refractivity contribution < 1.29 is 13.9 Å². The lowest BCUT2D eigenvalue weighted by atomic mass is 10.2. The summed E-state index contributed by atoms with van der Waals surface area (Å²) in [6.07, 6.45) is 0. The van der Waals surface area contributed by atoms with Gasteiger partial charge in [0.25, 0.3) is 0 Å². The molecule has 0 aliphatic carbocycles. The van der Waals surface area contributed by atoms with E-state index in [1.165, 1.54) is 0 Å². The summed E-state index contributed by atoms with van der Waals surface area (Å²) < 4.78 is 26.8. The lowest BCUT2D eigenvalue weighted by Crippen LogP contribution is -2.02. The quantitative estimate of drug-likeness (QED) is 0.606. The Morgan fingerprint density at radius 2 is 1.50 bits per heavy atom. The fourth-order valence-electron chi connectivity index (χ4n) is 2.23. The molecule has 0 aliphatic heterocycles. The number of hydrogen-bond acceptors (Lipinski definition) is 3. The summed E-state index contributed by atoms with van der Waals surface area (Å²) >= 11 is 1.63. The molecule has 2 N–H and O–H groups in total. The second-order valence-electron chi connectivity index (χ2n) is 5.16. The van der Waals surface area contributed by atoms with Gasteiger partial charge < -0.3 is 10.4 Å². The Morgan fingerprint density at radius 1 is 0.875 bits per heavy atom. The molecule has 0 aliphatic rings. The molecule has 0 radical (unpaired) electrons. The van der Waals surface area contributed by atoms with Crippen LogP contribution in [0.4, 0.5) is 14.5 Å². The summed E-state index contributed by atoms with van der Waals surface area (Å²) in [5.41, 5.74) is 1.29. The number of aromatic hydroxyl groups is 1. The summed E-state index contributed by atoms with van der Waals surface area (Å²) in [7, 11) is 0. The summed E-state index contributed by atoms with van der Waals surface area (Å²) in [6, 6.07) is 20.0. The van der Waals surface area contributed by atoms with Crippen LogP contribution in [0.5, 0.6) is 5.75 Å². The minimum Gasteiger partial charge on any atom is -0.503 e. The topological polar surface area (TPSA) is 32.3 Å². The fraction of sp³-hybridized carbons (Fsp3) is 0.0526. The summed E-state index contributed by atoms with van der Waals surface area (Å²) in [5, 5.41) is 12.1. The van der Waals surface area contributed by atoms with Gasteiger partial charge in [-0.15, -0.1) is 0 Å². The van der Waals surface area contributed by atoms with Gasteiger partial charge in [-0.05, 0) is 23.8 Å². The summed E-state index contributed by atoms with van der Waals surface area (Å²) in [6.45, 7) is 0.416. The van der Waals surface area contributed by atoms with Gasteiger partial charge in [-0.2, -0.15) is 0 Å². The van der Waals surface area contributed by atoms with Crippen LogP contribution in [-0.4, -0.2) is 5.11 Å². The largest absolute Gasteiger partial charge is 0.503 e. The van der Waals surface area contributed by atoms with Crippen LogP contribution in [0.1, 0.15) is 5.56 Å². The van der Waals surface area contributed by atoms with Gasteiger partial charge in [0.2, 0.25) is 0 Å². The number of nitrogens with one attached hydrogen (secondary N) is 1. The number of halogens is 2. The molecule has 3 aromatic carbocycles. The maximum Gasteiger partial charge on any atom is 0.187 e. The predicted octanol–water partition coefficient (Wildman–Crippen LogP) is 5.43. The van der Waals surface area contributed by atoms with E-state index in [4.69, 9.17) is 5.11 Å². The second kappa shape index (κ2) is 7.36. The highest BCUT2D eigenvalue weighted by Gasteiger charge is 2.10. The number of benzene rings is 3. The molecule has 0 unspecified atom stereocenters. The molecule has 0 aromatic heterocycles. The van der Waals surface area contributed by atoms with Crippen molar-refractivity contribution in [2.75, 3.05) is 5.32 Å². The molecule has 122 valence electrons. The standard InChI is InChI=1S/C19H15F2NOS/c20-16-10-14(11-17(21)19(16)23)22-12-13-6-4-5-9-18(13)24-15-7-2-1-3-8-15/h1-11,22-23H,12H2. The number of anilines is 1. The minimum atomic E-state index is -0.982. The highest BCUT2D eigenvalue weighted by molar-refractivity contribution is 7.99. The van der Waals surface area contributed by atoms with Crippen LogP contribution in [0.3, 0.4) is 0 Å². The first kappa shape index (κ1) is 16.3. The first-order valence-corrected chi connectivity index (χ1v) is 8.18. The summed E-state index contributed by atoms with van der Waals surface area (Å²) in [4.78, 5) is 2.18. The van der Waals surface area contributed by atoms with Gasteiger partial charge in [0.05, 0.1) is 0 Å². The smallest absolute Gasteiger partial charge is 0.187 e. The van der Waals surface area contributed by atoms with Gasteiger partial charge in [0.1, 0.15) is 0 Å². The van der Waals surface area contributed by atoms with Crippen LogP contribution >= 0.6 is 11.8 Å². The summed E-state index contributed by atoms with van der Waals surface area (Å²) in [5.74, 6) is -2.92. The Kier molecular flexibility index (Phi) is 5.01. The Morgan fingerprint density at radius 3 is 2.21 bits per heavy atom. The molecule has 0 fully saturated rings. The van der Waals surface area contributed by atoms with Crippen LogP contribution in [-0.2, 0) is 6.54 Å². The van der Waals surface area contributed by atoms with E-state index in [2.05, 4.69) is 5.32 Å². The molecule has 0 bridgehead atoms. The number of phenolic OH excluding ortho intramolecular Hbond substituents is 1. The monoisotopic (exact) mass is 343 g/mol. The molecule has 0 atom stereocenters. The third kappa shape index (κ3) is 3.86. The lowest BCUT2D eigenvalue weighted by molar-refractivity contribution is 0.396. The molecule has 0 saturated carbocycles. The van der Waals surface area contributed by atoms with Crippen molar-refractivity contribution in [2.24, 2.45) is 0 Å². The number of rotatable bonds is 5. The molecule has 24 heavy (non-hydrogen) atoms. The highest BCUT2D eigenvalue weighted by atomic mass is 32.2. The van der Waals surface area contributed by atoms with Crippen LogP contribution in [0.2, 0.25) is 0 Å². The third-order valence-corrected chi connectivity index (χ3v) is 4.57. The molecule has 3 aromatic rings. The van der Waals surface area contributed by atoms with Gasteiger partial charge in [-0.3, -0.25) is 0 Å². The van der Waals surface area contributed by atoms with Gasteiger partial charge >= 0.3 is 0 Å². The molecular formula is C19H15F2NOS. The van der Waals surface area contributed by atoms with Crippen molar-refractivity contribution >= 4 is 17.4 Å². The fourth-order valence-corrected chi connectivity index (χ4v) is 3.19. The van der Waals surface area contributed by atoms with E-state index in [9.17, 15) is 8.78 Å². The molecule has 0 saturated heterocycles. The molecule has 3 rings (SSSR count). The normalized spacial score (nSPS) is 10.6. The lowest BCUT2D eigenvalue weighted by Gasteiger charge is -2.12. The molecular weight excluding hydrogens is 328 g/mol. The van der Waals surface area contributed by atoms with E-state index in [1.807, 2.05) is 54.6 Å². The molecule has 0 amide bonds. The van der Waals surface area contributed by atoms with Crippen molar-refractivity contribution in [3.05, 3.63) is 83.9 Å². The zero-order chi connectivity index (χ0) is 16.9. The van der Waals surface area contributed by atoms with Crippen molar-refractivity contribution in [1.29, 1.82) is 0 Å². The van der Waals surface area contributed by atoms with E-state index >= 15 is 0 Å². The van der Waals surface area contributed by atoms with E-state index < -0.39 is 17.4 Å². The van der Waals surface area contributed by atoms with Crippen molar-refractivity contribution in [3.63, 3.8) is 0 Å². The van der Waals surface area contributed by atoms with Crippen LogP contribution in [0.25, 0.3) is 0 Å². The van der Waals surface area contributed by atoms with Crippen LogP contribution in [0, 0.1) is 11.6 Å². The molecule has 5 heteroatoms. The first-order chi connectivity index (χ1) is 11.6. The average molecular weight is 343 g/mol. The third-order valence-electron chi connectivity index (χ3n) is 3.44. The average Bonchev–Trinajstić information content (AvgIpc) is 2.60. The number of hydrogen-bond donors (Lipinski definition) is 2. The van der Waals surface area contributed by atoms with E-state index in [-0.39, 0.29) is 5.69 Å². The maximum atomic E-state index is 13.4.